The fraction of sp³-hybridized carbons (Fsp3) is 0.636. The molecule has 0 radical (unpaired) electrons. The second-order valence-corrected chi connectivity index (χ2v) is 3.27. The van der Waals surface area contributed by atoms with E-state index in [0.717, 1.165) is 0 Å². The highest BCUT2D eigenvalue weighted by atomic mass is 16.7. The molecule has 0 aromatic heterocycles. The third-order valence-electron chi connectivity index (χ3n) is 1.97. The summed E-state index contributed by atoms with van der Waals surface area (Å²) in [4.78, 5) is 0. The average Bonchev–Trinajstić information content (AvgIpc) is 2.23. The molecule has 0 aromatic carbocycles. The van der Waals surface area contributed by atoms with E-state index >= 15 is 0 Å². The maximum Gasteiger partial charge on any atom is 0.147 e. The van der Waals surface area contributed by atoms with Gasteiger partial charge in [-0.25, -0.2) is 0 Å². The van der Waals surface area contributed by atoms with E-state index in [1.807, 2.05) is 0 Å². The summed E-state index contributed by atoms with van der Waals surface area (Å²) < 4.78 is 15.2. The van der Waals surface area contributed by atoms with E-state index < -0.39 is 11.7 Å². The van der Waals surface area contributed by atoms with Crippen LogP contribution in [0.3, 0.4) is 0 Å². The first-order valence-electron chi connectivity index (χ1n) is 4.75. The monoisotopic (exact) mass is 216 g/mol. The van der Waals surface area contributed by atoms with Crippen LogP contribution >= 0.6 is 0 Å². The Morgan fingerprint density at radius 3 is 2.53 bits per heavy atom. The van der Waals surface area contributed by atoms with Crippen LogP contribution in [-0.4, -0.2) is 43.9 Å². The molecule has 15 heavy (non-hydrogen) atoms. The molecule has 0 aliphatic rings. The van der Waals surface area contributed by atoms with Gasteiger partial charge < -0.3 is 19.3 Å². The molecule has 1 N–H and O–H groups in total. The van der Waals surface area contributed by atoms with Crippen molar-refractivity contribution in [2.45, 2.75) is 18.6 Å². The molecule has 88 valence electrons. The molecule has 4 heteroatoms. The van der Waals surface area contributed by atoms with Gasteiger partial charge in [0.15, 0.2) is 0 Å². The lowest BCUT2D eigenvalue weighted by Crippen LogP contribution is -2.38. The largest absolute Gasteiger partial charge is 0.383 e. The van der Waals surface area contributed by atoms with Crippen LogP contribution in [0.2, 0.25) is 0 Å². The molecule has 0 bridgehead atoms. The molecular formula is C11H20O4. The Kier molecular flexibility index (Phi) is 7.25. The van der Waals surface area contributed by atoms with Gasteiger partial charge in [0, 0.05) is 7.11 Å². The quantitative estimate of drug-likeness (QED) is 0.356. The number of aliphatic hydroxyl groups is 1. The lowest BCUT2D eigenvalue weighted by Gasteiger charge is -2.27. The van der Waals surface area contributed by atoms with E-state index in [4.69, 9.17) is 14.2 Å². The molecule has 0 aromatic rings. The van der Waals surface area contributed by atoms with Crippen LogP contribution in [0.1, 0.15) is 6.92 Å². The van der Waals surface area contributed by atoms with Gasteiger partial charge >= 0.3 is 0 Å². The van der Waals surface area contributed by atoms with Crippen molar-refractivity contribution in [1.29, 1.82) is 0 Å². The fourth-order valence-electron chi connectivity index (χ4n) is 0.914. The Morgan fingerprint density at radius 1 is 1.40 bits per heavy atom. The first-order chi connectivity index (χ1) is 7.08. The van der Waals surface area contributed by atoms with Crippen molar-refractivity contribution < 1.29 is 19.3 Å². The van der Waals surface area contributed by atoms with Crippen molar-refractivity contribution >= 4 is 0 Å². The van der Waals surface area contributed by atoms with E-state index in [9.17, 15) is 5.11 Å². The first kappa shape index (κ1) is 14.3. The number of hydrogen-bond donors (Lipinski definition) is 1. The first-order valence-corrected chi connectivity index (χ1v) is 4.75. The van der Waals surface area contributed by atoms with Crippen molar-refractivity contribution in [2.75, 3.05) is 27.1 Å². The second kappa shape index (κ2) is 7.59. The van der Waals surface area contributed by atoms with E-state index in [2.05, 4.69) is 13.2 Å². The van der Waals surface area contributed by atoms with Crippen molar-refractivity contribution in [3.8, 4) is 0 Å². The van der Waals surface area contributed by atoms with Crippen LogP contribution in [0.25, 0.3) is 0 Å². The van der Waals surface area contributed by atoms with E-state index in [-0.39, 0.29) is 6.79 Å². The molecule has 4 nitrogen and oxygen atoms in total. The maximum atomic E-state index is 9.79. The van der Waals surface area contributed by atoms with Crippen LogP contribution in [0.5, 0.6) is 0 Å². The van der Waals surface area contributed by atoms with Gasteiger partial charge in [0.1, 0.15) is 18.5 Å². The Morgan fingerprint density at radius 2 is 2.07 bits per heavy atom. The zero-order valence-electron chi connectivity index (χ0n) is 9.44. The summed E-state index contributed by atoms with van der Waals surface area (Å²) in [5, 5.41) is 9.79. The van der Waals surface area contributed by atoms with Crippen LogP contribution in [0, 0.1) is 0 Å². The van der Waals surface area contributed by atoms with Gasteiger partial charge in [-0.15, -0.1) is 13.2 Å². The Bertz CT molecular complexity index is 189. The van der Waals surface area contributed by atoms with Gasteiger partial charge in [-0.2, -0.15) is 0 Å². The van der Waals surface area contributed by atoms with Gasteiger partial charge in [-0.3, -0.25) is 0 Å². The second-order valence-electron chi connectivity index (χ2n) is 3.27. The Balaban J connectivity index is 3.81. The molecule has 0 saturated heterocycles. The number of methoxy groups -OCH3 is 1. The number of rotatable bonds is 9. The zero-order chi connectivity index (χ0) is 11.7. The molecule has 0 aliphatic carbocycles. The molecule has 0 saturated carbocycles. The molecule has 0 fully saturated rings. The predicted molar refractivity (Wildman–Crippen MR) is 58.6 cm³/mol. The summed E-state index contributed by atoms with van der Waals surface area (Å²) in [6, 6.07) is 0. The third-order valence-corrected chi connectivity index (χ3v) is 1.97. The van der Waals surface area contributed by atoms with E-state index in [0.29, 0.717) is 13.2 Å². The molecule has 0 rings (SSSR count). The summed E-state index contributed by atoms with van der Waals surface area (Å²) in [5.74, 6) is 0. The highest BCUT2D eigenvalue weighted by molar-refractivity contribution is 5.04. The van der Waals surface area contributed by atoms with Crippen LogP contribution < -0.4 is 0 Å². The standard InChI is InChI=1S/C11H20O4/c1-5-10(11(3,12)6-2)15-9-14-8-7-13-4/h5-6,10,12H,1-2,7-9H2,3-4H3/t10-,11-/m0/s1. The van der Waals surface area contributed by atoms with Gasteiger partial charge in [-0.1, -0.05) is 12.2 Å². The lowest BCUT2D eigenvalue weighted by molar-refractivity contribution is -0.128. The molecule has 0 unspecified atom stereocenters. The highest BCUT2D eigenvalue weighted by Crippen LogP contribution is 2.15. The van der Waals surface area contributed by atoms with Gasteiger partial charge in [0.05, 0.1) is 13.2 Å². The minimum Gasteiger partial charge on any atom is -0.383 e. The molecule has 0 aliphatic heterocycles. The molecular weight excluding hydrogens is 196 g/mol. The van der Waals surface area contributed by atoms with Gasteiger partial charge in [0.2, 0.25) is 0 Å². The molecule has 0 amide bonds. The molecule has 2 atom stereocenters. The van der Waals surface area contributed by atoms with Crippen LogP contribution in [0.4, 0.5) is 0 Å². The summed E-state index contributed by atoms with van der Waals surface area (Å²) in [6.07, 6.45) is 2.40. The number of ether oxygens (including phenoxy) is 3. The predicted octanol–water partition coefficient (Wildman–Crippen LogP) is 1.12. The lowest BCUT2D eigenvalue weighted by atomic mass is 10.00. The van der Waals surface area contributed by atoms with Crippen molar-refractivity contribution in [3.05, 3.63) is 25.3 Å². The van der Waals surface area contributed by atoms with Gasteiger partial charge in [0.25, 0.3) is 0 Å². The fourth-order valence-corrected chi connectivity index (χ4v) is 0.914. The summed E-state index contributed by atoms with van der Waals surface area (Å²) in [7, 11) is 1.60. The minimum absolute atomic E-state index is 0.0873. The molecule has 0 heterocycles. The Hall–Kier alpha value is -0.680. The third kappa shape index (κ3) is 5.69. The normalized spacial score (nSPS) is 16.7. The summed E-state index contributed by atoms with van der Waals surface area (Å²) >= 11 is 0. The van der Waals surface area contributed by atoms with Crippen molar-refractivity contribution in [1.82, 2.24) is 0 Å². The topological polar surface area (TPSA) is 47.9 Å². The summed E-state index contributed by atoms with van der Waals surface area (Å²) in [5.41, 5.74) is -1.13. The Labute approximate surface area is 91.1 Å². The van der Waals surface area contributed by atoms with Crippen LogP contribution in [-0.2, 0) is 14.2 Å². The smallest absolute Gasteiger partial charge is 0.147 e. The van der Waals surface area contributed by atoms with E-state index in [1.54, 1.807) is 14.0 Å². The maximum absolute atomic E-state index is 9.79. The average molecular weight is 216 g/mol. The van der Waals surface area contributed by atoms with Crippen molar-refractivity contribution in [2.24, 2.45) is 0 Å². The minimum atomic E-state index is -1.13. The van der Waals surface area contributed by atoms with E-state index in [1.165, 1.54) is 12.2 Å². The van der Waals surface area contributed by atoms with Crippen LogP contribution in [0.15, 0.2) is 25.3 Å². The zero-order valence-corrected chi connectivity index (χ0v) is 9.44. The SMILES string of the molecule is C=C[C@H](OCOCCOC)[C@@](C)(O)C=C. The highest BCUT2D eigenvalue weighted by Gasteiger charge is 2.26. The van der Waals surface area contributed by atoms with Crippen molar-refractivity contribution in [3.63, 3.8) is 0 Å². The number of hydrogen-bond acceptors (Lipinski definition) is 4. The summed E-state index contributed by atoms with van der Waals surface area (Å²) in [6.45, 7) is 9.75. The van der Waals surface area contributed by atoms with Gasteiger partial charge in [-0.05, 0) is 6.92 Å². The molecule has 0 spiro atoms.